The first-order valence-electron chi connectivity index (χ1n) is 4.33. The molecule has 0 aliphatic rings. The summed E-state index contributed by atoms with van der Waals surface area (Å²) in [5.41, 5.74) is 5.69. The Balaban J connectivity index is 2.66. The number of rotatable bonds is 4. The number of nitrogens with two attached hydrogens (primary N) is 1. The average molecular weight is 263 g/mol. The number of thiophene rings is 1. The average Bonchev–Trinajstić information content (AvgIpc) is 2.47. The van der Waals surface area contributed by atoms with E-state index >= 15 is 0 Å². The van der Waals surface area contributed by atoms with Gasteiger partial charge in [0.25, 0.3) is 0 Å². The predicted octanol–water partition coefficient (Wildman–Crippen LogP) is 2.51. The standard InChI is InChI=1S/C9H15BrN2S/c1-6(2)12-8(4-11)9-3-7(10)5-13-9/h3,5-6,8,12H,4,11H2,1-2H3. The van der Waals surface area contributed by atoms with Gasteiger partial charge in [-0.25, -0.2) is 0 Å². The van der Waals surface area contributed by atoms with Crippen LogP contribution < -0.4 is 11.1 Å². The highest BCUT2D eigenvalue weighted by molar-refractivity contribution is 9.10. The van der Waals surface area contributed by atoms with Crippen LogP contribution in [0.5, 0.6) is 0 Å². The van der Waals surface area contributed by atoms with Crippen LogP contribution in [0.25, 0.3) is 0 Å². The van der Waals surface area contributed by atoms with Crippen LogP contribution in [0, 0.1) is 0 Å². The van der Waals surface area contributed by atoms with E-state index in [0.29, 0.717) is 12.6 Å². The number of nitrogens with one attached hydrogen (secondary N) is 1. The van der Waals surface area contributed by atoms with Gasteiger partial charge in [-0.3, -0.25) is 0 Å². The SMILES string of the molecule is CC(C)NC(CN)c1cc(Br)cs1. The zero-order valence-corrected chi connectivity index (χ0v) is 10.3. The van der Waals surface area contributed by atoms with E-state index < -0.39 is 0 Å². The number of hydrogen-bond acceptors (Lipinski definition) is 3. The molecule has 0 aromatic carbocycles. The molecule has 0 fully saturated rings. The Kier molecular flexibility index (Phi) is 4.38. The lowest BCUT2D eigenvalue weighted by Gasteiger charge is -2.17. The minimum atomic E-state index is 0.288. The van der Waals surface area contributed by atoms with Gasteiger partial charge in [-0.05, 0) is 22.0 Å². The van der Waals surface area contributed by atoms with Crippen molar-refractivity contribution in [1.82, 2.24) is 5.32 Å². The Labute approximate surface area is 91.7 Å². The molecule has 74 valence electrons. The fourth-order valence-electron chi connectivity index (χ4n) is 1.18. The molecule has 0 aliphatic heterocycles. The summed E-state index contributed by atoms with van der Waals surface area (Å²) in [5, 5.41) is 5.51. The van der Waals surface area contributed by atoms with Gasteiger partial charge in [0.2, 0.25) is 0 Å². The highest BCUT2D eigenvalue weighted by Crippen LogP contribution is 2.25. The third-order valence-corrected chi connectivity index (χ3v) is 3.51. The first kappa shape index (κ1) is 11.2. The van der Waals surface area contributed by atoms with Crippen molar-refractivity contribution in [3.8, 4) is 0 Å². The lowest BCUT2D eigenvalue weighted by atomic mass is 10.2. The second kappa shape index (κ2) is 5.10. The summed E-state index contributed by atoms with van der Waals surface area (Å²) >= 11 is 5.17. The van der Waals surface area contributed by atoms with Crippen LogP contribution in [0.3, 0.4) is 0 Å². The molecule has 0 saturated heterocycles. The van der Waals surface area contributed by atoms with Crippen molar-refractivity contribution in [3.63, 3.8) is 0 Å². The topological polar surface area (TPSA) is 38.0 Å². The maximum Gasteiger partial charge on any atom is 0.0541 e. The third kappa shape index (κ3) is 3.38. The molecule has 4 heteroatoms. The quantitative estimate of drug-likeness (QED) is 0.876. The van der Waals surface area contributed by atoms with E-state index in [4.69, 9.17) is 5.73 Å². The van der Waals surface area contributed by atoms with Gasteiger partial charge in [-0.2, -0.15) is 0 Å². The lowest BCUT2D eigenvalue weighted by Crippen LogP contribution is -2.32. The third-order valence-electron chi connectivity index (χ3n) is 1.70. The molecule has 0 radical (unpaired) electrons. The molecule has 13 heavy (non-hydrogen) atoms. The van der Waals surface area contributed by atoms with Gasteiger partial charge in [-0.1, -0.05) is 13.8 Å². The molecule has 1 atom stereocenters. The maximum atomic E-state index is 5.69. The van der Waals surface area contributed by atoms with Crippen LogP contribution in [0.1, 0.15) is 24.8 Å². The van der Waals surface area contributed by atoms with E-state index in [1.807, 2.05) is 0 Å². The Morgan fingerprint density at radius 1 is 1.62 bits per heavy atom. The first-order valence-corrected chi connectivity index (χ1v) is 6.00. The molecule has 3 N–H and O–H groups in total. The van der Waals surface area contributed by atoms with Crippen molar-refractivity contribution in [2.24, 2.45) is 5.73 Å². The van der Waals surface area contributed by atoms with Gasteiger partial charge < -0.3 is 11.1 Å². The largest absolute Gasteiger partial charge is 0.329 e. The monoisotopic (exact) mass is 262 g/mol. The van der Waals surface area contributed by atoms with Crippen molar-refractivity contribution >= 4 is 27.3 Å². The molecule has 1 unspecified atom stereocenters. The molecule has 0 aliphatic carbocycles. The highest BCUT2D eigenvalue weighted by Gasteiger charge is 2.12. The van der Waals surface area contributed by atoms with Gasteiger partial charge in [0, 0.05) is 27.3 Å². The molecular formula is C9H15BrN2S. The summed E-state index contributed by atoms with van der Waals surface area (Å²) < 4.78 is 1.14. The molecule has 1 aromatic heterocycles. The molecule has 0 bridgehead atoms. The number of halogens is 1. The zero-order chi connectivity index (χ0) is 9.84. The van der Waals surface area contributed by atoms with E-state index in [1.54, 1.807) is 11.3 Å². The molecule has 1 aromatic rings. The highest BCUT2D eigenvalue weighted by atomic mass is 79.9. The Morgan fingerprint density at radius 3 is 2.69 bits per heavy atom. The van der Waals surface area contributed by atoms with Gasteiger partial charge in [0.1, 0.15) is 0 Å². The first-order chi connectivity index (χ1) is 6.13. The van der Waals surface area contributed by atoms with Crippen LogP contribution in [0.2, 0.25) is 0 Å². The van der Waals surface area contributed by atoms with E-state index in [9.17, 15) is 0 Å². The minimum Gasteiger partial charge on any atom is -0.329 e. The van der Waals surface area contributed by atoms with Crippen molar-refractivity contribution in [3.05, 3.63) is 20.8 Å². The van der Waals surface area contributed by atoms with Crippen molar-refractivity contribution in [2.75, 3.05) is 6.54 Å². The fourth-order valence-corrected chi connectivity index (χ4v) is 2.70. The molecule has 2 nitrogen and oxygen atoms in total. The smallest absolute Gasteiger partial charge is 0.0541 e. The van der Waals surface area contributed by atoms with Crippen LogP contribution in [0.4, 0.5) is 0 Å². The van der Waals surface area contributed by atoms with Crippen molar-refractivity contribution < 1.29 is 0 Å². The normalized spacial score (nSPS) is 13.6. The predicted molar refractivity (Wildman–Crippen MR) is 62.1 cm³/mol. The van der Waals surface area contributed by atoms with Crippen LogP contribution in [-0.4, -0.2) is 12.6 Å². The second-order valence-electron chi connectivity index (χ2n) is 3.28. The fraction of sp³-hybridized carbons (Fsp3) is 0.556. The Morgan fingerprint density at radius 2 is 2.31 bits per heavy atom. The summed E-state index contributed by atoms with van der Waals surface area (Å²) in [4.78, 5) is 1.29. The molecule has 1 heterocycles. The summed E-state index contributed by atoms with van der Waals surface area (Å²) in [5.74, 6) is 0. The molecular weight excluding hydrogens is 248 g/mol. The van der Waals surface area contributed by atoms with E-state index in [0.717, 1.165) is 4.47 Å². The summed E-state index contributed by atoms with van der Waals surface area (Å²) in [6, 6.07) is 2.88. The summed E-state index contributed by atoms with van der Waals surface area (Å²) in [7, 11) is 0. The van der Waals surface area contributed by atoms with Gasteiger partial charge in [0.05, 0.1) is 6.04 Å². The second-order valence-corrected chi connectivity index (χ2v) is 5.14. The van der Waals surface area contributed by atoms with E-state index in [1.165, 1.54) is 4.88 Å². The van der Waals surface area contributed by atoms with E-state index in [2.05, 4.69) is 46.5 Å². The molecule has 0 spiro atoms. The van der Waals surface area contributed by atoms with Crippen LogP contribution in [0.15, 0.2) is 15.9 Å². The van der Waals surface area contributed by atoms with Gasteiger partial charge >= 0.3 is 0 Å². The summed E-state index contributed by atoms with van der Waals surface area (Å²) in [6.07, 6.45) is 0. The Hall–Kier alpha value is 0.1000. The van der Waals surface area contributed by atoms with Crippen LogP contribution >= 0.6 is 27.3 Å². The maximum absolute atomic E-state index is 5.69. The van der Waals surface area contributed by atoms with Crippen LogP contribution in [-0.2, 0) is 0 Å². The van der Waals surface area contributed by atoms with Gasteiger partial charge in [-0.15, -0.1) is 11.3 Å². The van der Waals surface area contributed by atoms with Gasteiger partial charge in [0.15, 0.2) is 0 Å². The zero-order valence-electron chi connectivity index (χ0n) is 7.88. The van der Waals surface area contributed by atoms with E-state index in [-0.39, 0.29) is 6.04 Å². The van der Waals surface area contributed by atoms with Crippen molar-refractivity contribution in [2.45, 2.75) is 25.9 Å². The molecule has 0 saturated carbocycles. The van der Waals surface area contributed by atoms with Crippen molar-refractivity contribution in [1.29, 1.82) is 0 Å². The summed E-state index contributed by atoms with van der Waals surface area (Å²) in [6.45, 7) is 4.90. The molecule has 0 amide bonds. The number of hydrogen-bond donors (Lipinski definition) is 2. The lowest BCUT2D eigenvalue weighted by molar-refractivity contribution is 0.489. The minimum absolute atomic E-state index is 0.288. The molecule has 1 rings (SSSR count). The Bertz CT molecular complexity index is 260.